The van der Waals surface area contributed by atoms with Crippen LogP contribution < -0.4 is 5.73 Å². The van der Waals surface area contributed by atoms with Gasteiger partial charge in [-0.05, 0) is 41.3 Å². The summed E-state index contributed by atoms with van der Waals surface area (Å²) in [6.45, 7) is 5.63. The van der Waals surface area contributed by atoms with E-state index in [1.807, 2.05) is 11.3 Å². The van der Waals surface area contributed by atoms with E-state index in [4.69, 9.17) is 5.73 Å². The molecule has 3 rings (SSSR count). The molecular weight excluding hydrogens is 252 g/mol. The minimum Gasteiger partial charge on any atom is -0.327 e. The lowest BCUT2D eigenvalue weighted by molar-refractivity contribution is 0.146. The van der Waals surface area contributed by atoms with Crippen LogP contribution in [0, 0.1) is 5.92 Å². The molecule has 3 heteroatoms. The Morgan fingerprint density at radius 2 is 2.21 bits per heavy atom. The second-order valence-corrected chi connectivity index (χ2v) is 6.52. The number of rotatable bonds is 3. The standard InChI is InChI=1S/C16H22N2S/c1-2-12-9-18(8-7-15(12)17)10-13-11-19-16-6-4-3-5-14(13)16/h3-6,11-12,15H,2,7-10,17H2,1H3. The highest BCUT2D eigenvalue weighted by atomic mass is 32.1. The Kier molecular flexibility index (Phi) is 3.87. The van der Waals surface area contributed by atoms with Gasteiger partial charge < -0.3 is 5.73 Å². The summed E-state index contributed by atoms with van der Waals surface area (Å²) in [6.07, 6.45) is 2.34. The number of hydrogen-bond acceptors (Lipinski definition) is 3. The van der Waals surface area contributed by atoms with Crippen LogP contribution >= 0.6 is 11.3 Å². The van der Waals surface area contributed by atoms with Crippen LogP contribution in [0.4, 0.5) is 0 Å². The highest BCUT2D eigenvalue weighted by molar-refractivity contribution is 7.17. The predicted octanol–water partition coefficient (Wildman–Crippen LogP) is 3.46. The summed E-state index contributed by atoms with van der Waals surface area (Å²) < 4.78 is 1.40. The van der Waals surface area contributed by atoms with Crippen molar-refractivity contribution in [2.45, 2.75) is 32.4 Å². The molecule has 2 atom stereocenters. The van der Waals surface area contributed by atoms with Crippen molar-refractivity contribution in [3.05, 3.63) is 35.2 Å². The summed E-state index contributed by atoms with van der Waals surface area (Å²) in [5, 5.41) is 3.75. The van der Waals surface area contributed by atoms with Crippen molar-refractivity contribution in [2.24, 2.45) is 11.7 Å². The van der Waals surface area contributed by atoms with E-state index in [1.54, 1.807) is 0 Å². The van der Waals surface area contributed by atoms with Crippen LogP contribution in [0.2, 0.25) is 0 Å². The molecule has 1 aliphatic heterocycles. The lowest BCUT2D eigenvalue weighted by Gasteiger charge is -2.36. The van der Waals surface area contributed by atoms with E-state index in [-0.39, 0.29) is 0 Å². The van der Waals surface area contributed by atoms with Gasteiger partial charge in [-0.15, -0.1) is 11.3 Å². The van der Waals surface area contributed by atoms with Gasteiger partial charge >= 0.3 is 0 Å². The molecule has 2 aromatic rings. The molecule has 1 aromatic carbocycles. The van der Waals surface area contributed by atoms with Crippen LogP contribution in [0.25, 0.3) is 10.1 Å². The number of piperidine rings is 1. The fraction of sp³-hybridized carbons (Fsp3) is 0.500. The number of fused-ring (bicyclic) bond motifs is 1. The molecule has 2 N–H and O–H groups in total. The van der Waals surface area contributed by atoms with Gasteiger partial charge in [0.25, 0.3) is 0 Å². The Hall–Kier alpha value is -0.900. The zero-order valence-electron chi connectivity index (χ0n) is 11.5. The zero-order valence-corrected chi connectivity index (χ0v) is 12.3. The maximum atomic E-state index is 6.19. The third kappa shape index (κ3) is 2.69. The molecule has 0 bridgehead atoms. The van der Waals surface area contributed by atoms with Crippen molar-refractivity contribution in [3.8, 4) is 0 Å². The average Bonchev–Trinajstić information content (AvgIpc) is 2.84. The van der Waals surface area contributed by atoms with Crippen LogP contribution in [-0.4, -0.2) is 24.0 Å². The van der Waals surface area contributed by atoms with Gasteiger partial charge in [-0.25, -0.2) is 0 Å². The molecule has 2 heterocycles. The first-order chi connectivity index (χ1) is 9.28. The molecule has 1 fully saturated rings. The maximum absolute atomic E-state index is 6.19. The third-order valence-corrected chi connectivity index (χ3v) is 5.37. The average molecular weight is 274 g/mol. The van der Waals surface area contributed by atoms with E-state index < -0.39 is 0 Å². The molecule has 19 heavy (non-hydrogen) atoms. The lowest BCUT2D eigenvalue weighted by Crippen LogP contribution is -2.46. The first kappa shape index (κ1) is 13.1. The summed E-state index contributed by atoms with van der Waals surface area (Å²) >= 11 is 1.86. The number of benzene rings is 1. The Morgan fingerprint density at radius 3 is 3.05 bits per heavy atom. The van der Waals surface area contributed by atoms with Crippen molar-refractivity contribution in [1.29, 1.82) is 0 Å². The molecule has 1 aliphatic rings. The highest BCUT2D eigenvalue weighted by Gasteiger charge is 2.25. The lowest BCUT2D eigenvalue weighted by atomic mass is 9.90. The van der Waals surface area contributed by atoms with E-state index in [0.29, 0.717) is 12.0 Å². The van der Waals surface area contributed by atoms with E-state index >= 15 is 0 Å². The largest absolute Gasteiger partial charge is 0.327 e. The fourth-order valence-corrected chi connectivity index (χ4v) is 4.05. The number of nitrogens with two attached hydrogens (primary N) is 1. The second-order valence-electron chi connectivity index (χ2n) is 5.61. The molecule has 0 radical (unpaired) electrons. The number of thiophene rings is 1. The summed E-state index contributed by atoms with van der Waals surface area (Å²) in [5.41, 5.74) is 7.67. The van der Waals surface area contributed by atoms with Gasteiger partial charge in [0.15, 0.2) is 0 Å². The molecule has 0 spiro atoms. The van der Waals surface area contributed by atoms with Gasteiger partial charge in [0.1, 0.15) is 0 Å². The molecule has 0 aliphatic carbocycles. The van der Waals surface area contributed by atoms with Gasteiger partial charge in [0.05, 0.1) is 0 Å². The fourth-order valence-electron chi connectivity index (χ4n) is 3.10. The molecule has 0 amide bonds. The normalized spacial score (nSPS) is 24.9. The molecule has 2 unspecified atom stereocenters. The quantitative estimate of drug-likeness (QED) is 0.928. The summed E-state index contributed by atoms with van der Waals surface area (Å²) in [7, 11) is 0. The van der Waals surface area contributed by atoms with Gasteiger partial charge in [-0.2, -0.15) is 0 Å². The maximum Gasteiger partial charge on any atom is 0.0346 e. The Bertz CT molecular complexity index is 548. The zero-order chi connectivity index (χ0) is 13.2. The van der Waals surface area contributed by atoms with Crippen molar-refractivity contribution < 1.29 is 0 Å². The smallest absolute Gasteiger partial charge is 0.0346 e. The van der Waals surface area contributed by atoms with Crippen LogP contribution in [0.3, 0.4) is 0 Å². The Balaban J connectivity index is 1.74. The highest BCUT2D eigenvalue weighted by Crippen LogP contribution is 2.28. The summed E-state index contributed by atoms with van der Waals surface area (Å²) in [5.74, 6) is 0.665. The van der Waals surface area contributed by atoms with Crippen LogP contribution in [0.5, 0.6) is 0 Å². The Morgan fingerprint density at radius 1 is 1.37 bits per heavy atom. The number of hydrogen-bond donors (Lipinski definition) is 1. The van der Waals surface area contributed by atoms with Crippen LogP contribution in [0.1, 0.15) is 25.3 Å². The second kappa shape index (κ2) is 5.61. The van der Waals surface area contributed by atoms with E-state index in [1.165, 1.54) is 22.1 Å². The van der Waals surface area contributed by atoms with Crippen molar-refractivity contribution >= 4 is 21.4 Å². The first-order valence-electron chi connectivity index (χ1n) is 7.21. The van der Waals surface area contributed by atoms with E-state index in [0.717, 1.165) is 26.1 Å². The topological polar surface area (TPSA) is 29.3 Å². The molecule has 1 saturated heterocycles. The number of likely N-dealkylation sites (tertiary alicyclic amines) is 1. The minimum absolute atomic E-state index is 0.403. The Labute approximate surface area is 119 Å². The minimum atomic E-state index is 0.403. The third-order valence-electron chi connectivity index (χ3n) is 4.36. The van der Waals surface area contributed by atoms with Crippen molar-refractivity contribution in [2.75, 3.05) is 13.1 Å². The SMILES string of the molecule is CCC1CN(Cc2csc3ccccc23)CCC1N. The van der Waals surface area contributed by atoms with Gasteiger partial charge in [0.2, 0.25) is 0 Å². The van der Waals surface area contributed by atoms with E-state index in [9.17, 15) is 0 Å². The van der Waals surface area contributed by atoms with E-state index in [2.05, 4.69) is 41.5 Å². The molecule has 2 nitrogen and oxygen atoms in total. The molecule has 0 saturated carbocycles. The molecular formula is C16H22N2S. The van der Waals surface area contributed by atoms with Crippen molar-refractivity contribution in [3.63, 3.8) is 0 Å². The summed E-state index contributed by atoms with van der Waals surface area (Å²) in [6, 6.07) is 9.12. The monoisotopic (exact) mass is 274 g/mol. The van der Waals surface area contributed by atoms with Crippen LogP contribution in [0.15, 0.2) is 29.6 Å². The molecule has 102 valence electrons. The summed E-state index contributed by atoms with van der Waals surface area (Å²) in [4.78, 5) is 2.58. The predicted molar refractivity (Wildman–Crippen MR) is 83.5 cm³/mol. The van der Waals surface area contributed by atoms with Gasteiger partial charge in [-0.1, -0.05) is 31.5 Å². The first-order valence-corrected chi connectivity index (χ1v) is 8.09. The van der Waals surface area contributed by atoms with Crippen molar-refractivity contribution in [1.82, 2.24) is 4.90 Å². The molecule has 1 aromatic heterocycles. The van der Waals surface area contributed by atoms with Gasteiger partial charge in [-0.3, -0.25) is 4.90 Å². The van der Waals surface area contributed by atoms with Gasteiger partial charge in [0, 0.05) is 23.8 Å². The number of nitrogens with zero attached hydrogens (tertiary/aromatic N) is 1. The van der Waals surface area contributed by atoms with Crippen LogP contribution in [-0.2, 0) is 6.54 Å².